The van der Waals surface area contributed by atoms with Crippen molar-refractivity contribution in [3.63, 3.8) is 0 Å². The Bertz CT molecular complexity index is 928. The van der Waals surface area contributed by atoms with Gasteiger partial charge in [-0.05, 0) is 67.9 Å². The van der Waals surface area contributed by atoms with Gasteiger partial charge >= 0.3 is 5.97 Å². The molecule has 138 valence electrons. The van der Waals surface area contributed by atoms with Crippen molar-refractivity contribution in [2.24, 2.45) is 5.10 Å². The quantitative estimate of drug-likeness (QED) is 0.296. The van der Waals surface area contributed by atoms with Crippen molar-refractivity contribution in [3.8, 4) is 11.5 Å². The summed E-state index contributed by atoms with van der Waals surface area (Å²) < 4.78 is 10.4. The van der Waals surface area contributed by atoms with E-state index in [1.807, 2.05) is 26.0 Å². The summed E-state index contributed by atoms with van der Waals surface area (Å²) in [5, 5.41) is 4.93. The molecule has 1 aromatic heterocycles. The highest BCUT2D eigenvalue weighted by Crippen LogP contribution is 2.21. The summed E-state index contributed by atoms with van der Waals surface area (Å²) in [4.78, 5) is 17.7. The number of hydrogen-bond donors (Lipinski definition) is 1. The highest BCUT2D eigenvalue weighted by molar-refractivity contribution is 7.15. The van der Waals surface area contributed by atoms with Crippen LogP contribution in [-0.2, 0) is 0 Å². The zero-order valence-corrected chi connectivity index (χ0v) is 16.0. The van der Waals surface area contributed by atoms with E-state index in [2.05, 4.69) is 15.5 Å². The number of benzene rings is 2. The van der Waals surface area contributed by atoms with E-state index in [0.29, 0.717) is 17.1 Å². The number of carbonyl (C=O) groups is 1. The lowest BCUT2D eigenvalue weighted by molar-refractivity contribution is 0.0734. The second kappa shape index (κ2) is 8.46. The molecule has 0 atom stereocenters. The van der Waals surface area contributed by atoms with Crippen molar-refractivity contribution in [1.82, 2.24) is 4.98 Å². The first-order valence-electron chi connectivity index (χ1n) is 8.24. The Morgan fingerprint density at radius 3 is 2.33 bits per heavy atom. The lowest BCUT2D eigenvalue weighted by Crippen LogP contribution is -2.08. The van der Waals surface area contributed by atoms with Gasteiger partial charge in [0.15, 0.2) is 0 Å². The molecule has 0 aliphatic heterocycles. The SMILES string of the molecule is COc1ccc(C(=O)Oc2ccc(/C=N/Nc3nc(C)c(C)s3)cc2)cc1. The normalized spacial score (nSPS) is 10.8. The monoisotopic (exact) mass is 381 g/mol. The number of methoxy groups -OCH3 is 1. The zero-order chi connectivity index (χ0) is 19.2. The molecule has 0 fully saturated rings. The molecule has 7 heteroatoms. The van der Waals surface area contributed by atoms with Crippen LogP contribution in [0.4, 0.5) is 5.13 Å². The van der Waals surface area contributed by atoms with Crippen molar-refractivity contribution in [1.29, 1.82) is 0 Å². The Morgan fingerprint density at radius 1 is 1.07 bits per heavy atom. The maximum absolute atomic E-state index is 12.2. The maximum atomic E-state index is 12.2. The molecule has 27 heavy (non-hydrogen) atoms. The van der Waals surface area contributed by atoms with Crippen LogP contribution in [-0.4, -0.2) is 24.3 Å². The summed E-state index contributed by atoms with van der Waals surface area (Å²) in [5.74, 6) is 0.731. The van der Waals surface area contributed by atoms with Crippen LogP contribution in [0.1, 0.15) is 26.5 Å². The number of hydrazone groups is 1. The molecule has 1 heterocycles. The molecule has 6 nitrogen and oxygen atoms in total. The van der Waals surface area contributed by atoms with Gasteiger partial charge < -0.3 is 9.47 Å². The van der Waals surface area contributed by atoms with E-state index < -0.39 is 5.97 Å². The number of anilines is 1. The molecule has 0 saturated carbocycles. The van der Waals surface area contributed by atoms with Gasteiger partial charge in [-0.2, -0.15) is 5.10 Å². The van der Waals surface area contributed by atoms with Gasteiger partial charge in [0, 0.05) is 4.88 Å². The highest BCUT2D eigenvalue weighted by Gasteiger charge is 2.08. The summed E-state index contributed by atoms with van der Waals surface area (Å²) >= 11 is 1.56. The fourth-order valence-corrected chi connectivity index (χ4v) is 2.96. The van der Waals surface area contributed by atoms with Crippen LogP contribution in [0.5, 0.6) is 11.5 Å². The third-order valence-corrected chi connectivity index (χ3v) is 4.80. The lowest BCUT2D eigenvalue weighted by Gasteiger charge is -2.05. The van der Waals surface area contributed by atoms with E-state index in [1.165, 1.54) is 0 Å². The van der Waals surface area contributed by atoms with Gasteiger partial charge in [-0.25, -0.2) is 9.78 Å². The fourth-order valence-electron chi connectivity index (χ4n) is 2.20. The van der Waals surface area contributed by atoms with E-state index in [-0.39, 0.29) is 0 Å². The van der Waals surface area contributed by atoms with E-state index in [9.17, 15) is 4.79 Å². The van der Waals surface area contributed by atoms with Crippen LogP contribution in [0, 0.1) is 13.8 Å². The molecule has 3 rings (SSSR count). The van der Waals surface area contributed by atoms with Gasteiger partial charge in [-0.1, -0.05) is 0 Å². The van der Waals surface area contributed by atoms with Gasteiger partial charge in [0.2, 0.25) is 5.13 Å². The first-order valence-corrected chi connectivity index (χ1v) is 9.06. The van der Waals surface area contributed by atoms with Crippen LogP contribution < -0.4 is 14.9 Å². The number of nitrogens with one attached hydrogen (secondary N) is 1. The molecule has 1 N–H and O–H groups in total. The average molecular weight is 381 g/mol. The summed E-state index contributed by atoms with van der Waals surface area (Å²) in [5.41, 5.74) is 5.24. The van der Waals surface area contributed by atoms with Crippen molar-refractivity contribution in [3.05, 3.63) is 70.2 Å². The molecular weight excluding hydrogens is 362 g/mol. The van der Waals surface area contributed by atoms with Crippen LogP contribution in [0.2, 0.25) is 0 Å². The summed E-state index contributed by atoms with van der Waals surface area (Å²) in [7, 11) is 1.58. The van der Waals surface area contributed by atoms with Crippen LogP contribution >= 0.6 is 11.3 Å². The van der Waals surface area contributed by atoms with E-state index >= 15 is 0 Å². The largest absolute Gasteiger partial charge is 0.497 e. The Morgan fingerprint density at radius 2 is 1.74 bits per heavy atom. The van der Waals surface area contributed by atoms with Gasteiger partial charge in [-0.3, -0.25) is 5.43 Å². The topological polar surface area (TPSA) is 72.8 Å². The molecule has 0 unspecified atom stereocenters. The third kappa shape index (κ3) is 4.92. The van der Waals surface area contributed by atoms with Gasteiger partial charge in [0.1, 0.15) is 11.5 Å². The minimum atomic E-state index is -0.421. The fraction of sp³-hybridized carbons (Fsp3) is 0.150. The second-order valence-electron chi connectivity index (χ2n) is 5.72. The molecule has 0 spiro atoms. The highest BCUT2D eigenvalue weighted by atomic mass is 32.1. The number of aromatic nitrogens is 1. The predicted molar refractivity (Wildman–Crippen MR) is 107 cm³/mol. The van der Waals surface area contributed by atoms with Crippen molar-refractivity contribution >= 4 is 28.7 Å². The summed E-state index contributed by atoms with van der Waals surface area (Å²) in [6.07, 6.45) is 1.68. The Kier molecular flexibility index (Phi) is 5.83. The summed E-state index contributed by atoms with van der Waals surface area (Å²) in [6.45, 7) is 3.99. The standard InChI is InChI=1S/C20H19N3O3S/c1-13-14(2)27-20(22-13)23-21-12-15-4-8-18(9-5-15)26-19(24)16-6-10-17(25-3)11-7-16/h4-12H,1-3H3,(H,22,23)/b21-12+. The number of carbonyl (C=O) groups excluding carboxylic acids is 1. The number of hydrogen-bond acceptors (Lipinski definition) is 7. The van der Waals surface area contributed by atoms with Gasteiger partial charge in [0.05, 0.1) is 24.6 Å². The number of nitrogens with zero attached hydrogens (tertiary/aromatic N) is 2. The van der Waals surface area contributed by atoms with Crippen LogP contribution in [0.15, 0.2) is 53.6 Å². The third-order valence-electron chi connectivity index (χ3n) is 3.82. The molecule has 0 aliphatic carbocycles. The number of aryl methyl sites for hydroxylation is 2. The molecule has 0 aliphatic rings. The van der Waals surface area contributed by atoms with Crippen molar-refractivity contribution < 1.29 is 14.3 Å². The van der Waals surface area contributed by atoms with Crippen LogP contribution in [0.3, 0.4) is 0 Å². The number of thiazole rings is 1. The minimum absolute atomic E-state index is 0.421. The lowest BCUT2D eigenvalue weighted by atomic mass is 10.2. The Labute approximate surface area is 161 Å². The average Bonchev–Trinajstić information content (AvgIpc) is 3.00. The predicted octanol–water partition coefficient (Wildman–Crippen LogP) is 4.43. The van der Waals surface area contributed by atoms with E-state index in [0.717, 1.165) is 21.3 Å². The van der Waals surface area contributed by atoms with E-state index in [4.69, 9.17) is 9.47 Å². The maximum Gasteiger partial charge on any atom is 0.343 e. The second-order valence-corrected chi connectivity index (χ2v) is 6.92. The smallest absolute Gasteiger partial charge is 0.343 e. The molecule has 0 saturated heterocycles. The Balaban J connectivity index is 1.57. The molecular formula is C20H19N3O3S. The summed E-state index contributed by atoms with van der Waals surface area (Å²) in [6, 6.07) is 13.8. The van der Waals surface area contributed by atoms with Crippen molar-refractivity contribution in [2.75, 3.05) is 12.5 Å². The molecule has 2 aromatic carbocycles. The van der Waals surface area contributed by atoms with E-state index in [1.54, 1.807) is 61.1 Å². The zero-order valence-electron chi connectivity index (χ0n) is 15.2. The molecule has 3 aromatic rings. The van der Waals surface area contributed by atoms with Gasteiger partial charge in [0.25, 0.3) is 0 Å². The first-order chi connectivity index (χ1) is 13.0. The molecule has 0 bridgehead atoms. The van der Waals surface area contributed by atoms with Crippen LogP contribution in [0.25, 0.3) is 0 Å². The minimum Gasteiger partial charge on any atom is -0.497 e. The van der Waals surface area contributed by atoms with Crippen molar-refractivity contribution in [2.45, 2.75) is 13.8 Å². The Hall–Kier alpha value is -3.19. The number of ether oxygens (including phenoxy) is 2. The first kappa shape index (κ1) is 18.6. The van der Waals surface area contributed by atoms with Gasteiger partial charge in [-0.15, -0.1) is 11.3 Å². The number of rotatable bonds is 6. The molecule has 0 radical (unpaired) electrons. The number of esters is 1. The molecule has 0 amide bonds.